The Labute approximate surface area is 115 Å². The Morgan fingerprint density at radius 1 is 1.37 bits per heavy atom. The summed E-state index contributed by atoms with van der Waals surface area (Å²) in [6.45, 7) is 2.78. The Balaban J connectivity index is 1.76. The van der Waals surface area contributed by atoms with Gasteiger partial charge in [0, 0.05) is 32.8 Å². The molecule has 3 heteroatoms. The molecule has 1 saturated carbocycles. The summed E-state index contributed by atoms with van der Waals surface area (Å²) in [5, 5.41) is 0. The third-order valence-electron chi connectivity index (χ3n) is 4.52. The Hall–Kier alpha value is -0.900. The molecule has 1 aromatic carbocycles. The van der Waals surface area contributed by atoms with E-state index < -0.39 is 0 Å². The van der Waals surface area contributed by atoms with E-state index in [1.165, 1.54) is 24.0 Å². The smallest absolute Gasteiger partial charge is 0.0710 e. The van der Waals surface area contributed by atoms with Crippen LogP contribution in [0.4, 0.5) is 0 Å². The van der Waals surface area contributed by atoms with E-state index in [0.717, 1.165) is 25.4 Å². The highest BCUT2D eigenvalue weighted by molar-refractivity contribution is 5.31. The summed E-state index contributed by atoms with van der Waals surface area (Å²) in [7, 11) is 1.80. The predicted molar refractivity (Wildman–Crippen MR) is 77.2 cm³/mol. The SMILES string of the molecule is COC1CCN(C(CN)c2cccc(C3CC3)c2)C1. The molecular formula is C16H24N2O. The highest BCUT2D eigenvalue weighted by Gasteiger charge is 2.29. The molecule has 2 N–H and O–H groups in total. The van der Waals surface area contributed by atoms with Crippen LogP contribution in [0, 0.1) is 0 Å². The summed E-state index contributed by atoms with van der Waals surface area (Å²) in [6.07, 6.45) is 4.20. The average Bonchev–Trinajstić information content (AvgIpc) is 3.20. The van der Waals surface area contributed by atoms with Crippen molar-refractivity contribution in [3.05, 3.63) is 35.4 Å². The highest BCUT2D eigenvalue weighted by Crippen LogP contribution is 2.41. The van der Waals surface area contributed by atoms with Gasteiger partial charge in [0.2, 0.25) is 0 Å². The molecule has 0 spiro atoms. The van der Waals surface area contributed by atoms with E-state index in [1.54, 1.807) is 7.11 Å². The van der Waals surface area contributed by atoms with Crippen LogP contribution in [0.5, 0.6) is 0 Å². The van der Waals surface area contributed by atoms with E-state index in [2.05, 4.69) is 29.2 Å². The van der Waals surface area contributed by atoms with Gasteiger partial charge in [-0.2, -0.15) is 0 Å². The lowest BCUT2D eigenvalue weighted by molar-refractivity contribution is 0.101. The van der Waals surface area contributed by atoms with Crippen LogP contribution in [-0.2, 0) is 4.74 Å². The Morgan fingerprint density at radius 2 is 2.21 bits per heavy atom. The zero-order valence-corrected chi connectivity index (χ0v) is 11.7. The van der Waals surface area contributed by atoms with Crippen molar-refractivity contribution in [3.63, 3.8) is 0 Å². The van der Waals surface area contributed by atoms with E-state index in [0.29, 0.717) is 18.7 Å². The quantitative estimate of drug-likeness (QED) is 0.882. The van der Waals surface area contributed by atoms with Gasteiger partial charge < -0.3 is 10.5 Å². The molecule has 1 saturated heterocycles. The molecule has 2 unspecified atom stereocenters. The van der Waals surface area contributed by atoms with Gasteiger partial charge in [-0.25, -0.2) is 0 Å². The molecular weight excluding hydrogens is 236 g/mol. The van der Waals surface area contributed by atoms with E-state index >= 15 is 0 Å². The number of nitrogens with two attached hydrogens (primary N) is 1. The van der Waals surface area contributed by atoms with Crippen LogP contribution in [0.15, 0.2) is 24.3 Å². The molecule has 0 radical (unpaired) electrons. The molecule has 3 nitrogen and oxygen atoms in total. The van der Waals surface area contributed by atoms with Crippen LogP contribution in [-0.4, -0.2) is 37.7 Å². The van der Waals surface area contributed by atoms with Gasteiger partial charge >= 0.3 is 0 Å². The van der Waals surface area contributed by atoms with Crippen LogP contribution in [0.25, 0.3) is 0 Å². The topological polar surface area (TPSA) is 38.5 Å². The maximum Gasteiger partial charge on any atom is 0.0710 e. The van der Waals surface area contributed by atoms with E-state index in [4.69, 9.17) is 10.5 Å². The molecule has 1 aromatic rings. The van der Waals surface area contributed by atoms with Crippen LogP contribution < -0.4 is 5.73 Å². The van der Waals surface area contributed by atoms with Crippen LogP contribution >= 0.6 is 0 Å². The number of benzene rings is 1. The molecule has 3 rings (SSSR count). The van der Waals surface area contributed by atoms with Crippen LogP contribution in [0.1, 0.15) is 42.3 Å². The maximum atomic E-state index is 6.03. The first-order chi connectivity index (χ1) is 9.31. The van der Waals surface area contributed by atoms with Crippen LogP contribution in [0.2, 0.25) is 0 Å². The number of hydrogen-bond acceptors (Lipinski definition) is 3. The molecule has 104 valence electrons. The first-order valence-electron chi connectivity index (χ1n) is 7.38. The highest BCUT2D eigenvalue weighted by atomic mass is 16.5. The van der Waals surface area contributed by atoms with E-state index in [9.17, 15) is 0 Å². The second-order valence-corrected chi connectivity index (χ2v) is 5.84. The Kier molecular flexibility index (Phi) is 3.87. The summed E-state index contributed by atoms with van der Waals surface area (Å²) in [6, 6.07) is 9.39. The van der Waals surface area contributed by atoms with Crippen molar-refractivity contribution in [1.29, 1.82) is 0 Å². The summed E-state index contributed by atoms with van der Waals surface area (Å²) < 4.78 is 5.46. The molecule has 1 aliphatic heterocycles. The fourth-order valence-electron chi connectivity index (χ4n) is 3.16. The summed E-state index contributed by atoms with van der Waals surface area (Å²) in [4.78, 5) is 2.47. The summed E-state index contributed by atoms with van der Waals surface area (Å²) in [5.41, 5.74) is 8.91. The molecule has 1 heterocycles. The minimum atomic E-state index is 0.346. The number of nitrogens with zero attached hydrogens (tertiary/aromatic N) is 1. The van der Waals surface area contributed by atoms with Crippen molar-refractivity contribution >= 4 is 0 Å². The third kappa shape index (κ3) is 2.83. The Morgan fingerprint density at radius 3 is 2.84 bits per heavy atom. The fourth-order valence-corrected chi connectivity index (χ4v) is 3.16. The lowest BCUT2D eigenvalue weighted by Gasteiger charge is -2.27. The second kappa shape index (κ2) is 5.61. The second-order valence-electron chi connectivity index (χ2n) is 5.84. The van der Waals surface area contributed by atoms with Crippen molar-refractivity contribution < 1.29 is 4.74 Å². The zero-order chi connectivity index (χ0) is 13.2. The average molecular weight is 260 g/mol. The van der Waals surface area contributed by atoms with Gasteiger partial charge in [0.05, 0.1) is 6.10 Å². The Bertz CT molecular complexity index is 431. The number of ether oxygens (including phenoxy) is 1. The summed E-state index contributed by atoms with van der Waals surface area (Å²) in [5.74, 6) is 0.809. The third-order valence-corrected chi connectivity index (χ3v) is 4.52. The van der Waals surface area contributed by atoms with Gasteiger partial charge in [-0.1, -0.05) is 24.3 Å². The lowest BCUT2D eigenvalue weighted by atomic mass is 10.0. The number of hydrogen-bond donors (Lipinski definition) is 1. The van der Waals surface area contributed by atoms with Crippen molar-refractivity contribution in [3.8, 4) is 0 Å². The van der Waals surface area contributed by atoms with Gasteiger partial charge in [-0.15, -0.1) is 0 Å². The van der Waals surface area contributed by atoms with Crippen molar-refractivity contribution in [1.82, 2.24) is 4.90 Å². The number of methoxy groups -OCH3 is 1. The van der Waals surface area contributed by atoms with Crippen molar-refractivity contribution in [2.45, 2.75) is 37.3 Å². The van der Waals surface area contributed by atoms with Gasteiger partial charge in [-0.3, -0.25) is 4.90 Å². The lowest BCUT2D eigenvalue weighted by Crippen LogP contribution is -2.33. The summed E-state index contributed by atoms with van der Waals surface area (Å²) >= 11 is 0. The monoisotopic (exact) mass is 260 g/mol. The molecule has 0 amide bonds. The molecule has 2 aliphatic rings. The minimum Gasteiger partial charge on any atom is -0.380 e. The molecule has 2 atom stereocenters. The number of likely N-dealkylation sites (tertiary alicyclic amines) is 1. The standard InChI is InChI=1S/C16H24N2O/c1-19-15-7-8-18(11-15)16(10-17)14-4-2-3-13(9-14)12-5-6-12/h2-4,9,12,15-16H,5-8,10-11,17H2,1H3. The van der Waals surface area contributed by atoms with Crippen LogP contribution in [0.3, 0.4) is 0 Å². The minimum absolute atomic E-state index is 0.346. The fraction of sp³-hybridized carbons (Fsp3) is 0.625. The van der Waals surface area contributed by atoms with Gasteiger partial charge in [0.1, 0.15) is 0 Å². The van der Waals surface area contributed by atoms with Crippen molar-refractivity contribution in [2.75, 3.05) is 26.7 Å². The molecule has 19 heavy (non-hydrogen) atoms. The molecule has 2 fully saturated rings. The predicted octanol–water partition coefficient (Wildman–Crippen LogP) is 2.28. The van der Waals surface area contributed by atoms with Gasteiger partial charge in [0.15, 0.2) is 0 Å². The zero-order valence-electron chi connectivity index (χ0n) is 11.7. The van der Waals surface area contributed by atoms with E-state index in [1.807, 2.05) is 0 Å². The maximum absolute atomic E-state index is 6.03. The van der Waals surface area contributed by atoms with Gasteiger partial charge in [0.25, 0.3) is 0 Å². The molecule has 0 bridgehead atoms. The first-order valence-corrected chi connectivity index (χ1v) is 7.38. The normalized spacial score (nSPS) is 25.7. The van der Waals surface area contributed by atoms with E-state index in [-0.39, 0.29) is 0 Å². The molecule has 1 aliphatic carbocycles. The largest absolute Gasteiger partial charge is 0.380 e. The number of rotatable bonds is 5. The molecule has 0 aromatic heterocycles. The van der Waals surface area contributed by atoms with Gasteiger partial charge in [-0.05, 0) is 36.3 Å². The van der Waals surface area contributed by atoms with Crippen molar-refractivity contribution in [2.24, 2.45) is 5.73 Å². The first kappa shape index (κ1) is 13.1.